The first-order valence-corrected chi connectivity index (χ1v) is 6.08. The molecule has 0 bridgehead atoms. The Morgan fingerprint density at radius 3 is 3.29 bits per heavy atom. The molecule has 0 saturated carbocycles. The van der Waals surface area contributed by atoms with Crippen molar-refractivity contribution >= 4 is 0 Å². The molecule has 90 valence electrons. The number of nitrogens with one attached hydrogen (secondary N) is 1. The van der Waals surface area contributed by atoms with Crippen LogP contribution >= 0.6 is 0 Å². The summed E-state index contributed by atoms with van der Waals surface area (Å²) in [4.78, 5) is 4.08. The van der Waals surface area contributed by atoms with Crippen molar-refractivity contribution in [3.8, 4) is 11.9 Å². The van der Waals surface area contributed by atoms with Gasteiger partial charge in [-0.15, -0.1) is 0 Å². The number of ether oxygens (including phenoxy) is 1. The van der Waals surface area contributed by atoms with Gasteiger partial charge in [-0.05, 0) is 44.3 Å². The molecule has 4 heteroatoms. The summed E-state index contributed by atoms with van der Waals surface area (Å²) in [5.41, 5.74) is 0.592. The Hall–Kier alpha value is -1.60. The fourth-order valence-electron chi connectivity index (χ4n) is 2.06. The van der Waals surface area contributed by atoms with E-state index >= 15 is 0 Å². The Kier molecular flexibility index (Phi) is 4.34. The van der Waals surface area contributed by atoms with Crippen LogP contribution in [0.1, 0.15) is 24.8 Å². The van der Waals surface area contributed by atoms with E-state index in [0.717, 1.165) is 19.5 Å². The number of aromatic nitrogens is 1. The fourth-order valence-corrected chi connectivity index (χ4v) is 2.06. The minimum absolute atomic E-state index is 0.549. The molecule has 1 saturated heterocycles. The first-order chi connectivity index (χ1) is 8.38. The van der Waals surface area contributed by atoms with Crippen LogP contribution in [0, 0.1) is 17.2 Å². The third-order valence-electron chi connectivity index (χ3n) is 3.04. The molecule has 2 rings (SSSR count). The zero-order valence-electron chi connectivity index (χ0n) is 9.85. The summed E-state index contributed by atoms with van der Waals surface area (Å²) in [6.45, 7) is 2.91. The molecule has 0 amide bonds. The molecule has 4 nitrogen and oxygen atoms in total. The van der Waals surface area contributed by atoms with Gasteiger partial charge in [0.05, 0.1) is 18.2 Å². The lowest BCUT2D eigenvalue weighted by Gasteiger charge is -2.22. The molecule has 1 N–H and O–H groups in total. The van der Waals surface area contributed by atoms with E-state index in [1.165, 1.54) is 12.8 Å². The van der Waals surface area contributed by atoms with E-state index in [-0.39, 0.29) is 0 Å². The van der Waals surface area contributed by atoms with Gasteiger partial charge < -0.3 is 10.1 Å². The van der Waals surface area contributed by atoms with Gasteiger partial charge in [0.1, 0.15) is 0 Å². The van der Waals surface area contributed by atoms with Gasteiger partial charge in [-0.3, -0.25) is 0 Å². The normalized spacial score (nSPS) is 19.6. The quantitative estimate of drug-likeness (QED) is 0.857. The lowest BCUT2D eigenvalue weighted by Crippen LogP contribution is -2.30. The van der Waals surface area contributed by atoms with E-state index < -0.39 is 0 Å². The van der Waals surface area contributed by atoms with Crippen molar-refractivity contribution < 1.29 is 4.74 Å². The molecular weight excluding hydrogens is 214 g/mol. The van der Waals surface area contributed by atoms with Crippen molar-refractivity contribution in [1.82, 2.24) is 10.3 Å². The van der Waals surface area contributed by atoms with E-state index in [1.807, 2.05) is 0 Å². The summed E-state index contributed by atoms with van der Waals surface area (Å²) in [5, 5.41) is 12.1. The molecule has 1 aliphatic rings. The summed E-state index contributed by atoms with van der Waals surface area (Å²) < 4.78 is 5.56. The summed E-state index contributed by atoms with van der Waals surface area (Å²) >= 11 is 0. The minimum atomic E-state index is 0.549. The van der Waals surface area contributed by atoms with E-state index in [9.17, 15) is 0 Å². The largest absolute Gasteiger partial charge is 0.478 e. The molecule has 1 fully saturated rings. The van der Waals surface area contributed by atoms with Crippen LogP contribution in [0.3, 0.4) is 0 Å². The van der Waals surface area contributed by atoms with Gasteiger partial charge in [0.25, 0.3) is 0 Å². The van der Waals surface area contributed by atoms with Crippen LogP contribution in [0.2, 0.25) is 0 Å². The lowest BCUT2D eigenvalue weighted by atomic mass is 9.97. The van der Waals surface area contributed by atoms with Crippen LogP contribution in [-0.2, 0) is 0 Å². The van der Waals surface area contributed by atoms with Crippen molar-refractivity contribution in [2.24, 2.45) is 5.92 Å². The zero-order valence-corrected chi connectivity index (χ0v) is 9.85. The Bertz CT molecular complexity index is 394. The maximum atomic E-state index is 8.75. The molecule has 0 unspecified atom stereocenters. The van der Waals surface area contributed by atoms with Gasteiger partial charge in [0, 0.05) is 12.3 Å². The monoisotopic (exact) mass is 231 g/mol. The minimum Gasteiger partial charge on any atom is -0.478 e. The molecule has 1 aromatic rings. The molecule has 1 atom stereocenters. The number of hydrogen-bond donors (Lipinski definition) is 1. The number of piperidine rings is 1. The van der Waals surface area contributed by atoms with Gasteiger partial charge in [0.2, 0.25) is 5.88 Å². The first kappa shape index (κ1) is 11.9. The topological polar surface area (TPSA) is 57.9 Å². The van der Waals surface area contributed by atoms with Crippen LogP contribution in [-0.4, -0.2) is 24.7 Å². The molecule has 1 aliphatic heterocycles. The van der Waals surface area contributed by atoms with Gasteiger partial charge in [-0.1, -0.05) is 0 Å². The van der Waals surface area contributed by atoms with E-state index in [1.54, 1.807) is 18.3 Å². The average molecular weight is 231 g/mol. The SMILES string of the molecule is N#Cc1ccnc(OCC[C@@H]2CCCNC2)c1. The van der Waals surface area contributed by atoms with Gasteiger partial charge >= 0.3 is 0 Å². The highest BCUT2D eigenvalue weighted by atomic mass is 16.5. The average Bonchev–Trinajstić information content (AvgIpc) is 2.40. The molecule has 1 aromatic heterocycles. The fraction of sp³-hybridized carbons (Fsp3) is 0.538. The number of nitrogens with zero attached hydrogens (tertiary/aromatic N) is 2. The van der Waals surface area contributed by atoms with Crippen molar-refractivity contribution in [2.75, 3.05) is 19.7 Å². The van der Waals surface area contributed by atoms with Crippen molar-refractivity contribution in [2.45, 2.75) is 19.3 Å². The van der Waals surface area contributed by atoms with E-state index in [2.05, 4.69) is 16.4 Å². The number of pyridine rings is 1. The van der Waals surface area contributed by atoms with Crippen LogP contribution < -0.4 is 10.1 Å². The Morgan fingerprint density at radius 2 is 2.53 bits per heavy atom. The highest BCUT2D eigenvalue weighted by molar-refractivity contribution is 5.31. The van der Waals surface area contributed by atoms with Gasteiger partial charge in [0.15, 0.2) is 0 Å². The third-order valence-corrected chi connectivity index (χ3v) is 3.04. The van der Waals surface area contributed by atoms with E-state index in [4.69, 9.17) is 10.00 Å². The maximum absolute atomic E-state index is 8.75. The van der Waals surface area contributed by atoms with Crippen LogP contribution in [0.25, 0.3) is 0 Å². The molecule has 0 aliphatic carbocycles. The summed E-state index contributed by atoms with van der Waals surface area (Å²) in [7, 11) is 0. The molecule has 17 heavy (non-hydrogen) atoms. The standard InChI is InChI=1S/C13H17N3O/c14-9-12-3-6-16-13(8-12)17-7-4-11-2-1-5-15-10-11/h3,6,8,11,15H,1-2,4-5,7,10H2/t11-/m0/s1. The second-order valence-electron chi connectivity index (χ2n) is 4.34. The highest BCUT2D eigenvalue weighted by Gasteiger charge is 2.12. The number of rotatable bonds is 4. The highest BCUT2D eigenvalue weighted by Crippen LogP contribution is 2.15. The maximum Gasteiger partial charge on any atom is 0.214 e. The third kappa shape index (κ3) is 3.72. The molecule has 0 aromatic carbocycles. The van der Waals surface area contributed by atoms with Gasteiger partial charge in [-0.25, -0.2) is 4.98 Å². The molecular formula is C13H17N3O. The predicted molar refractivity (Wildman–Crippen MR) is 64.7 cm³/mol. The molecule has 2 heterocycles. The number of hydrogen-bond acceptors (Lipinski definition) is 4. The van der Waals surface area contributed by atoms with Crippen LogP contribution in [0.15, 0.2) is 18.3 Å². The molecule has 0 spiro atoms. The predicted octanol–water partition coefficient (Wildman–Crippen LogP) is 1.72. The van der Waals surface area contributed by atoms with Crippen molar-refractivity contribution in [3.63, 3.8) is 0 Å². The Labute approximate surface area is 102 Å². The zero-order chi connectivity index (χ0) is 11.9. The summed E-state index contributed by atoms with van der Waals surface area (Å²) in [6.07, 6.45) is 5.19. The van der Waals surface area contributed by atoms with Crippen molar-refractivity contribution in [1.29, 1.82) is 5.26 Å². The van der Waals surface area contributed by atoms with Crippen LogP contribution in [0.5, 0.6) is 5.88 Å². The summed E-state index contributed by atoms with van der Waals surface area (Å²) in [5.74, 6) is 1.26. The Morgan fingerprint density at radius 1 is 1.59 bits per heavy atom. The second kappa shape index (κ2) is 6.21. The van der Waals surface area contributed by atoms with Gasteiger partial charge in [-0.2, -0.15) is 5.26 Å². The van der Waals surface area contributed by atoms with E-state index in [0.29, 0.717) is 24.0 Å². The lowest BCUT2D eigenvalue weighted by molar-refractivity contribution is 0.247. The summed E-state index contributed by atoms with van der Waals surface area (Å²) in [6, 6.07) is 5.44. The molecule has 0 radical (unpaired) electrons. The van der Waals surface area contributed by atoms with Crippen molar-refractivity contribution in [3.05, 3.63) is 23.9 Å². The smallest absolute Gasteiger partial charge is 0.214 e. The number of nitriles is 1. The Balaban J connectivity index is 1.75. The van der Waals surface area contributed by atoms with Crippen LogP contribution in [0.4, 0.5) is 0 Å². The second-order valence-corrected chi connectivity index (χ2v) is 4.34. The first-order valence-electron chi connectivity index (χ1n) is 6.08.